The highest BCUT2D eigenvalue weighted by molar-refractivity contribution is 6.01. The fraction of sp³-hybridized carbons (Fsp3) is 0.375. The number of benzene rings is 2. The van der Waals surface area contributed by atoms with Gasteiger partial charge in [0, 0.05) is 28.6 Å². The van der Waals surface area contributed by atoms with E-state index in [4.69, 9.17) is 0 Å². The van der Waals surface area contributed by atoms with Gasteiger partial charge in [0.05, 0.1) is 5.69 Å². The number of hydrogen-bond acceptors (Lipinski definition) is 2. The summed E-state index contributed by atoms with van der Waals surface area (Å²) in [5.41, 5.74) is 7.62. The fourth-order valence-corrected chi connectivity index (χ4v) is 4.51. The van der Waals surface area contributed by atoms with E-state index in [1.165, 1.54) is 39.4 Å². The number of aryl methyl sites for hydroxylation is 1. The average Bonchev–Trinajstić information content (AvgIpc) is 2.82. The third kappa shape index (κ3) is 5.91. The Hall–Kier alpha value is -3.00. The first kappa shape index (κ1) is 27.2. The van der Waals surface area contributed by atoms with Crippen LogP contribution in [0, 0.1) is 12.8 Å². The van der Waals surface area contributed by atoms with Crippen molar-refractivity contribution in [3.05, 3.63) is 90.2 Å². The maximum absolute atomic E-state index is 4.69. The van der Waals surface area contributed by atoms with E-state index in [0.29, 0.717) is 6.04 Å². The van der Waals surface area contributed by atoms with Crippen LogP contribution in [0.4, 0.5) is 0 Å². The minimum absolute atomic E-state index is 0.0240. The van der Waals surface area contributed by atoms with Crippen LogP contribution in [0.1, 0.15) is 71.6 Å². The molecule has 1 aliphatic rings. The summed E-state index contributed by atoms with van der Waals surface area (Å²) in [7, 11) is 0. The summed E-state index contributed by atoms with van der Waals surface area (Å²) < 4.78 is 0. The topological polar surface area (TPSA) is 25.2 Å². The van der Waals surface area contributed by atoms with Crippen LogP contribution in [0.15, 0.2) is 78.5 Å². The Morgan fingerprint density at radius 3 is 2.35 bits per heavy atom. The van der Waals surface area contributed by atoms with E-state index in [9.17, 15) is 0 Å². The Kier molecular flexibility index (Phi) is 9.55. The van der Waals surface area contributed by atoms with Crippen LogP contribution in [0.2, 0.25) is 0 Å². The third-order valence-corrected chi connectivity index (χ3v) is 6.82. The van der Waals surface area contributed by atoms with Gasteiger partial charge in [0.1, 0.15) is 0 Å². The second-order valence-electron chi connectivity index (χ2n) is 9.77. The van der Waals surface area contributed by atoms with Crippen molar-refractivity contribution in [2.24, 2.45) is 10.9 Å². The zero-order chi connectivity index (χ0) is 25.5. The lowest BCUT2D eigenvalue weighted by Gasteiger charge is -2.35. The molecular weight excluding hydrogens is 412 g/mol. The molecule has 1 heterocycles. The quantitative estimate of drug-likeness (QED) is 0.285. The minimum atomic E-state index is 0.0240. The molecule has 2 heteroatoms. The summed E-state index contributed by atoms with van der Waals surface area (Å²) in [6, 6.07) is 15.8. The van der Waals surface area contributed by atoms with E-state index in [-0.39, 0.29) is 5.41 Å². The zero-order valence-electron chi connectivity index (χ0n) is 22.4. The lowest BCUT2D eigenvalue weighted by Crippen LogP contribution is -2.25. The number of hydrogen-bond donors (Lipinski definition) is 0. The highest BCUT2D eigenvalue weighted by atomic mass is 14.8. The molecule has 0 radical (unpaired) electrons. The number of allylic oxidation sites excluding steroid dienone is 2. The highest BCUT2D eigenvalue weighted by Gasteiger charge is 2.34. The van der Waals surface area contributed by atoms with Crippen LogP contribution in [-0.2, 0) is 5.41 Å². The summed E-state index contributed by atoms with van der Waals surface area (Å²) in [5, 5.41) is 2.60. The summed E-state index contributed by atoms with van der Waals surface area (Å²) in [5.74, 6) is 0.723. The first-order valence-corrected chi connectivity index (χ1v) is 12.3. The molecular formula is C32H42N2. The van der Waals surface area contributed by atoms with Gasteiger partial charge in [-0.25, -0.2) is 0 Å². The molecule has 2 aromatic carbocycles. The number of aromatic nitrogens is 1. The summed E-state index contributed by atoms with van der Waals surface area (Å²) in [4.78, 5) is 8.96. The minimum Gasteiger partial charge on any atom is -0.295 e. The molecule has 3 aromatic rings. The maximum Gasteiger partial charge on any atom is 0.0786 e. The van der Waals surface area contributed by atoms with Crippen LogP contribution in [0.3, 0.4) is 0 Å². The molecule has 34 heavy (non-hydrogen) atoms. The van der Waals surface area contributed by atoms with Gasteiger partial charge >= 0.3 is 0 Å². The van der Waals surface area contributed by atoms with Crippen LogP contribution in [0.5, 0.6) is 0 Å². The van der Waals surface area contributed by atoms with Crippen molar-refractivity contribution < 1.29 is 0 Å². The van der Waals surface area contributed by atoms with Crippen molar-refractivity contribution in [1.29, 1.82) is 0 Å². The summed E-state index contributed by atoms with van der Waals surface area (Å²) in [6.07, 6.45) is 6.75. The van der Waals surface area contributed by atoms with Crippen LogP contribution in [-0.4, -0.2) is 17.2 Å². The molecule has 0 amide bonds. The van der Waals surface area contributed by atoms with Gasteiger partial charge in [-0.1, -0.05) is 95.3 Å². The lowest BCUT2D eigenvalue weighted by atomic mass is 9.68. The number of pyridine rings is 1. The molecule has 0 saturated heterocycles. The van der Waals surface area contributed by atoms with Crippen molar-refractivity contribution in [3.63, 3.8) is 0 Å². The molecule has 0 spiro atoms. The second-order valence-corrected chi connectivity index (χ2v) is 9.77. The highest BCUT2D eigenvalue weighted by Crippen LogP contribution is 2.48. The van der Waals surface area contributed by atoms with Crippen LogP contribution < -0.4 is 0 Å². The molecule has 0 aliphatic heterocycles. The standard InChI is InChI=1S/C19H17N.C8H17N.C5H8/c1-12-6-4-8-14-17(12)19(2,3)15-9-5-7-13-10-11-20-18(14)16(13)15;1-5-7(3)8(4)9-6-2;1-4-5(2)3/h4-11H,1-3H3;6-8H,5H2,1-4H3;4H,1-2H2,3H3. The van der Waals surface area contributed by atoms with E-state index < -0.39 is 0 Å². The summed E-state index contributed by atoms with van der Waals surface area (Å²) in [6.45, 7) is 24.3. The summed E-state index contributed by atoms with van der Waals surface area (Å²) >= 11 is 0. The lowest BCUT2D eigenvalue weighted by molar-refractivity contribution is 0.473. The van der Waals surface area contributed by atoms with Gasteiger partial charge in [0.25, 0.3) is 0 Å². The van der Waals surface area contributed by atoms with E-state index in [1.807, 2.05) is 26.3 Å². The van der Waals surface area contributed by atoms with Gasteiger partial charge in [-0.05, 0) is 68.0 Å². The Bertz CT molecular complexity index is 1160. The van der Waals surface area contributed by atoms with Gasteiger partial charge < -0.3 is 0 Å². The van der Waals surface area contributed by atoms with Crippen LogP contribution >= 0.6 is 0 Å². The molecule has 180 valence electrons. The van der Waals surface area contributed by atoms with E-state index in [0.717, 1.165) is 17.2 Å². The molecule has 0 saturated carbocycles. The van der Waals surface area contributed by atoms with Crippen molar-refractivity contribution in [1.82, 2.24) is 4.98 Å². The predicted octanol–water partition coefficient (Wildman–Crippen LogP) is 9.11. The van der Waals surface area contributed by atoms with E-state index in [2.05, 4.69) is 107 Å². The Balaban J connectivity index is 0.000000245. The molecule has 0 N–H and O–H groups in total. The molecule has 0 fully saturated rings. The molecule has 2 unspecified atom stereocenters. The van der Waals surface area contributed by atoms with Gasteiger partial charge in [-0.3, -0.25) is 9.98 Å². The molecule has 0 bridgehead atoms. The van der Waals surface area contributed by atoms with Crippen molar-refractivity contribution in [2.75, 3.05) is 0 Å². The van der Waals surface area contributed by atoms with Gasteiger partial charge in [-0.2, -0.15) is 0 Å². The monoisotopic (exact) mass is 454 g/mol. The average molecular weight is 455 g/mol. The molecule has 1 aliphatic carbocycles. The van der Waals surface area contributed by atoms with Crippen molar-refractivity contribution >= 4 is 17.0 Å². The number of fused-ring (bicyclic) bond motifs is 2. The normalized spacial score (nSPS) is 14.7. The van der Waals surface area contributed by atoms with Crippen molar-refractivity contribution in [3.8, 4) is 11.3 Å². The molecule has 2 atom stereocenters. The zero-order valence-corrected chi connectivity index (χ0v) is 22.4. The Labute approximate surface area is 207 Å². The van der Waals surface area contributed by atoms with E-state index >= 15 is 0 Å². The predicted molar refractivity (Wildman–Crippen MR) is 152 cm³/mol. The molecule has 2 nitrogen and oxygen atoms in total. The van der Waals surface area contributed by atoms with Gasteiger partial charge in [0.15, 0.2) is 0 Å². The maximum atomic E-state index is 4.69. The number of nitrogens with zero attached hydrogens (tertiary/aromatic N) is 2. The number of aliphatic imine (C=N–C) groups is 1. The third-order valence-electron chi connectivity index (χ3n) is 6.82. The fourth-order valence-electron chi connectivity index (χ4n) is 4.51. The molecule has 4 rings (SSSR count). The number of rotatable bonds is 4. The Morgan fingerprint density at radius 2 is 1.76 bits per heavy atom. The molecule has 1 aromatic heterocycles. The first-order chi connectivity index (χ1) is 16.1. The van der Waals surface area contributed by atoms with E-state index in [1.54, 1.807) is 6.08 Å². The van der Waals surface area contributed by atoms with Gasteiger partial charge in [0.2, 0.25) is 0 Å². The smallest absolute Gasteiger partial charge is 0.0786 e. The largest absolute Gasteiger partial charge is 0.295 e. The van der Waals surface area contributed by atoms with Crippen molar-refractivity contribution in [2.45, 2.75) is 73.3 Å². The second kappa shape index (κ2) is 11.9. The van der Waals surface area contributed by atoms with Crippen LogP contribution in [0.25, 0.3) is 22.0 Å². The first-order valence-electron chi connectivity index (χ1n) is 12.3. The Morgan fingerprint density at radius 1 is 1.12 bits per heavy atom. The SMILES string of the molecule is C=CC(=C)C.CC=NC(C)C(C)CC.Cc1cccc2c1C(C)(C)c1cccc3ccnc-2c13. The van der Waals surface area contributed by atoms with Gasteiger partial charge in [-0.15, -0.1) is 0 Å².